The summed E-state index contributed by atoms with van der Waals surface area (Å²) in [4.78, 5) is 0. The number of allylic oxidation sites excluding steroid dienone is 2. The van der Waals surface area contributed by atoms with Crippen LogP contribution in [0.25, 0.3) is 0 Å². The molecule has 0 heteroatoms. The number of hydrogen-bond acceptors (Lipinski definition) is 0. The van der Waals surface area contributed by atoms with Crippen LogP contribution in [0.15, 0.2) is 11.6 Å². The van der Waals surface area contributed by atoms with Gasteiger partial charge in [-0.1, -0.05) is 25.5 Å². The van der Waals surface area contributed by atoms with E-state index in [1.165, 1.54) is 12.8 Å². The Morgan fingerprint density at radius 2 is 2.25 bits per heavy atom. The smallest absolute Gasteiger partial charge is 0.0139 e. The summed E-state index contributed by atoms with van der Waals surface area (Å²) in [5.41, 5.74) is 2.30. The van der Waals surface area contributed by atoms with Crippen LogP contribution in [-0.4, -0.2) is 0 Å². The molecule has 3 rings (SSSR count). The fraction of sp³-hybridized carbons (Fsp3) is 0.750. The summed E-state index contributed by atoms with van der Waals surface area (Å²) in [7, 11) is 0. The van der Waals surface area contributed by atoms with Crippen LogP contribution in [0.3, 0.4) is 0 Å². The molecule has 1 saturated carbocycles. The molecule has 3 aliphatic carbocycles. The van der Waals surface area contributed by atoms with E-state index >= 15 is 0 Å². The largest absolute Gasteiger partial charge is 0.0813 e. The van der Waals surface area contributed by atoms with E-state index in [0.29, 0.717) is 5.41 Å². The molecule has 3 aliphatic rings. The molecular weight excluding hydrogens is 96.1 g/mol. The maximum absolute atomic E-state index is 2.44. The quantitative estimate of drug-likeness (QED) is 0.418. The number of fused-ring (bicyclic) bond motifs is 1. The molecule has 1 atom stereocenters. The van der Waals surface area contributed by atoms with Gasteiger partial charge in [0.2, 0.25) is 0 Å². The van der Waals surface area contributed by atoms with Crippen LogP contribution in [0.5, 0.6) is 0 Å². The summed E-state index contributed by atoms with van der Waals surface area (Å²) < 4.78 is 0. The molecule has 0 radical (unpaired) electrons. The lowest BCUT2D eigenvalue weighted by Gasteiger charge is -2.17. The lowest BCUT2D eigenvalue weighted by atomic mass is 9.88. The Hall–Kier alpha value is -0.260. The maximum atomic E-state index is 2.44. The van der Waals surface area contributed by atoms with Gasteiger partial charge in [0, 0.05) is 0 Å². The first-order valence-corrected chi connectivity index (χ1v) is 3.40. The van der Waals surface area contributed by atoms with Crippen molar-refractivity contribution in [1.29, 1.82) is 0 Å². The van der Waals surface area contributed by atoms with Crippen LogP contribution in [-0.2, 0) is 0 Å². The van der Waals surface area contributed by atoms with E-state index in [1.807, 2.05) is 0 Å². The summed E-state index contributed by atoms with van der Waals surface area (Å²) in [5.74, 6) is 0.972. The molecule has 0 N–H and O–H groups in total. The summed E-state index contributed by atoms with van der Waals surface area (Å²) in [5, 5.41) is 0. The Labute approximate surface area is 50.6 Å². The van der Waals surface area contributed by atoms with Gasteiger partial charge < -0.3 is 0 Å². The molecule has 1 unspecified atom stereocenters. The zero-order valence-electron chi connectivity index (χ0n) is 5.57. The Bertz CT molecular complexity index is 151. The first-order chi connectivity index (χ1) is 3.68. The van der Waals surface area contributed by atoms with Crippen LogP contribution in [0, 0.1) is 11.3 Å². The number of rotatable bonds is 0. The molecule has 0 aromatic carbocycles. The molecule has 0 heterocycles. The third-order valence-electron chi connectivity index (χ3n) is 2.56. The minimum atomic E-state index is 0.588. The van der Waals surface area contributed by atoms with E-state index in [1.54, 1.807) is 5.57 Å². The third-order valence-corrected chi connectivity index (χ3v) is 2.56. The predicted octanol–water partition coefficient (Wildman–Crippen LogP) is 2.36. The van der Waals surface area contributed by atoms with Crippen molar-refractivity contribution in [1.82, 2.24) is 0 Å². The molecule has 1 fully saturated rings. The maximum Gasteiger partial charge on any atom is -0.0139 e. The van der Waals surface area contributed by atoms with Crippen molar-refractivity contribution in [2.45, 2.75) is 26.7 Å². The predicted molar refractivity (Wildman–Crippen MR) is 34.6 cm³/mol. The fourth-order valence-corrected chi connectivity index (χ4v) is 1.95. The van der Waals surface area contributed by atoms with Gasteiger partial charge in [-0.15, -0.1) is 0 Å². The number of hydrogen-bond donors (Lipinski definition) is 0. The Morgan fingerprint density at radius 1 is 1.62 bits per heavy atom. The van der Waals surface area contributed by atoms with Crippen molar-refractivity contribution in [2.75, 3.05) is 0 Å². The van der Waals surface area contributed by atoms with Gasteiger partial charge in [0.05, 0.1) is 0 Å². The Balaban J connectivity index is 2.35. The molecule has 0 saturated heterocycles. The summed E-state index contributed by atoms with van der Waals surface area (Å²) in [6, 6.07) is 0. The molecule has 44 valence electrons. The van der Waals surface area contributed by atoms with Gasteiger partial charge in [-0.3, -0.25) is 0 Å². The van der Waals surface area contributed by atoms with Crippen molar-refractivity contribution in [3.05, 3.63) is 11.6 Å². The highest BCUT2D eigenvalue weighted by molar-refractivity contribution is 5.30. The first-order valence-electron chi connectivity index (χ1n) is 3.40. The van der Waals surface area contributed by atoms with E-state index in [-0.39, 0.29) is 0 Å². The summed E-state index contributed by atoms with van der Waals surface area (Å²) in [6.45, 7) is 4.71. The highest BCUT2D eigenvalue weighted by atomic mass is 14.5. The highest BCUT2D eigenvalue weighted by Crippen LogP contribution is 2.54. The highest BCUT2D eigenvalue weighted by Gasteiger charge is 2.41. The van der Waals surface area contributed by atoms with Gasteiger partial charge in [-0.25, -0.2) is 0 Å². The van der Waals surface area contributed by atoms with Gasteiger partial charge in [-0.05, 0) is 24.2 Å². The SMILES string of the molecule is CC1(C)CC2C=C1C2. The second-order valence-corrected chi connectivity index (χ2v) is 3.74. The third kappa shape index (κ3) is 0.367. The average molecular weight is 108 g/mol. The van der Waals surface area contributed by atoms with Crippen LogP contribution in [0.2, 0.25) is 0 Å². The van der Waals surface area contributed by atoms with Crippen LogP contribution in [0.1, 0.15) is 26.7 Å². The molecule has 0 aromatic heterocycles. The second-order valence-electron chi connectivity index (χ2n) is 3.74. The standard InChI is InChI=1S/C8H12/c1-8(2)5-6-3-7(8)4-6/h3,6H,4-5H2,1-2H3. The van der Waals surface area contributed by atoms with Crippen molar-refractivity contribution >= 4 is 0 Å². The lowest BCUT2D eigenvalue weighted by Crippen LogP contribution is -2.04. The topological polar surface area (TPSA) is 0 Å². The molecule has 0 aliphatic heterocycles. The van der Waals surface area contributed by atoms with E-state index in [9.17, 15) is 0 Å². The zero-order chi connectivity index (χ0) is 5.78. The lowest BCUT2D eigenvalue weighted by molar-refractivity contribution is 0.465. The van der Waals surface area contributed by atoms with Crippen LogP contribution >= 0.6 is 0 Å². The minimum absolute atomic E-state index is 0.588. The molecule has 0 amide bonds. The first kappa shape index (κ1) is 4.60. The molecule has 2 bridgehead atoms. The van der Waals surface area contributed by atoms with Crippen molar-refractivity contribution in [3.63, 3.8) is 0 Å². The van der Waals surface area contributed by atoms with E-state index in [4.69, 9.17) is 0 Å². The van der Waals surface area contributed by atoms with Gasteiger partial charge in [0.1, 0.15) is 0 Å². The minimum Gasteiger partial charge on any atom is -0.0813 e. The van der Waals surface area contributed by atoms with Crippen LogP contribution in [0.4, 0.5) is 0 Å². The average Bonchev–Trinajstić information content (AvgIpc) is 1.82. The molecule has 0 aromatic rings. The molecular formula is C8H12. The monoisotopic (exact) mass is 108 g/mol. The second kappa shape index (κ2) is 1.02. The van der Waals surface area contributed by atoms with E-state index < -0.39 is 0 Å². The molecule has 0 spiro atoms. The van der Waals surface area contributed by atoms with Gasteiger partial charge in [0.25, 0.3) is 0 Å². The molecule has 0 nitrogen and oxygen atoms in total. The molecule has 8 heavy (non-hydrogen) atoms. The van der Waals surface area contributed by atoms with Crippen molar-refractivity contribution < 1.29 is 0 Å². The Kier molecular flexibility index (Phi) is 0.588. The zero-order valence-corrected chi connectivity index (χ0v) is 5.57. The van der Waals surface area contributed by atoms with Gasteiger partial charge in [0.15, 0.2) is 0 Å². The van der Waals surface area contributed by atoms with E-state index in [2.05, 4.69) is 19.9 Å². The fourth-order valence-electron chi connectivity index (χ4n) is 1.95. The summed E-state index contributed by atoms with van der Waals surface area (Å²) >= 11 is 0. The normalized spacial score (nSPS) is 38.8. The van der Waals surface area contributed by atoms with Crippen LogP contribution < -0.4 is 0 Å². The van der Waals surface area contributed by atoms with Gasteiger partial charge in [-0.2, -0.15) is 0 Å². The Morgan fingerprint density at radius 3 is 2.38 bits per heavy atom. The van der Waals surface area contributed by atoms with Gasteiger partial charge >= 0.3 is 0 Å². The van der Waals surface area contributed by atoms with E-state index in [0.717, 1.165) is 5.92 Å². The van der Waals surface area contributed by atoms with Crippen molar-refractivity contribution in [2.24, 2.45) is 11.3 Å². The van der Waals surface area contributed by atoms with Crippen molar-refractivity contribution in [3.8, 4) is 0 Å². The summed E-state index contributed by atoms with van der Waals surface area (Å²) in [6.07, 6.45) is 5.27.